The number of rotatable bonds is 3. The first-order valence-corrected chi connectivity index (χ1v) is 8.30. The first kappa shape index (κ1) is 12.9. The summed E-state index contributed by atoms with van der Waals surface area (Å²) < 4.78 is 2.01. The number of nitrogens with two attached hydrogens (primary N) is 1. The molecule has 3 heteroatoms. The van der Waals surface area contributed by atoms with Crippen molar-refractivity contribution in [2.45, 2.75) is 65.0 Å². The second kappa shape index (κ2) is 4.09. The Morgan fingerprint density at radius 1 is 1.35 bits per heavy atom. The van der Waals surface area contributed by atoms with E-state index in [4.69, 9.17) is 5.73 Å². The highest BCUT2D eigenvalue weighted by atomic mass is 15.3. The zero-order valence-corrected chi connectivity index (χ0v) is 12.8. The van der Waals surface area contributed by atoms with Gasteiger partial charge in [-0.05, 0) is 68.1 Å². The predicted octanol–water partition coefficient (Wildman–Crippen LogP) is 3.51. The maximum absolute atomic E-state index is 6.77. The quantitative estimate of drug-likeness (QED) is 0.916. The molecule has 0 amide bonds. The van der Waals surface area contributed by atoms with Crippen LogP contribution in [0.15, 0.2) is 12.4 Å². The van der Waals surface area contributed by atoms with Crippen LogP contribution in [0.2, 0.25) is 0 Å². The summed E-state index contributed by atoms with van der Waals surface area (Å²) >= 11 is 0. The van der Waals surface area contributed by atoms with Gasteiger partial charge < -0.3 is 5.73 Å². The highest BCUT2D eigenvalue weighted by Gasteiger charge is 2.57. The fourth-order valence-corrected chi connectivity index (χ4v) is 6.23. The predicted molar refractivity (Wildman–Crippen MR) is 80.1 cm³/mol. The van der Waals surface area contributed by atoms with Crippen LogP contribution in [0.4, 0.5) is 0 Å². The molecule has 0 radical (unpaired) electrons. The second-order valence-corrected chi connectivity index (χ2v) is 8.24. The van der Waals surface area contributed by atoms with Crippen molar-refractivity contribution < 1.29 is 0 Å². The molecule has 4 aliphatic rings. The SMILES string of the molecule is CCn1cc(C(N)C23CC4CC(CC(C)(C4)C2)C3)cn1. The van der Waals surface area contributed by atoms with Gasteiger partial charge in [0.1, 0.15) is 0 Å². The lowest BCUT2D eigenvalue weighted by atomic mass is 9.43. The highest BCUT2D eigenvalue weighted by Crippen LogP contribution is 2.67. The molecular formula is C17H27N3. The molecule has 2 N–H and O–H groups in total. The highest BCUT2D eigenvalue weighted by molar-refractivity contribution is 5.19. The number of hydrogen-bond donors (Lipinski definition) is 1. The number of aryl methyl sites for hydroxylation is 1. The van der Waals surface area contributed by atoms with E-state index in [1.54, 1.807) is 0 Å². The van der Waals surface area contributed by atoms with Gasteiger partial charge in [0, 0.05) is 24.3 Å². The van der Waals surface area contributed by atoms with Crippen LogP contribution in [0.25, 0.3) is 0 Å². The van der Waals surface area contributed by atoms with Gasteiger partial charge in [0.2, 0.25) is 0 Å². The van der Waals surface area contributed by atoms with Crippen molar-refractivity contribution in [3.63, 3.8) is 0 Å². The summed E-state index contributed by atoms with van der Waals surface area (Å²) in [6.45, 7) is 5.58. The maximum Gasteiger partial charge on any atom is 0.0537 e. The topological polar surface area (TPSA) is 43.8 Å². The van der Waals surface area contributed by atoms with Crippen molar-refractivity contribution in [1.82, 2.24) is 9.78 Å². The normalized spacial score (nSPS) is 44.0. The molecule has 4 aliphatic carbocycles. The molecule has 0 spiro atoms. The van der Waals surface area contributed by atoms with Gasteiger partial charge in [0.05, 0.1) is 6.20 Å². The average Bonchev–Trinajstić information content (AvgIpc) is 2.83. The molecule has 3 atom stereocenters. The lowest BCUT2D eigenvalue weighted by Gasteiger charge is -2.63. The van der Waals surface area contributed by atoms with Crippen LogP contribution in [0, 0.1) is 22.7 Å². The minimum absolute atomic E-state index is 0.188. The molecule has 3 nitrogen and oxygen atoms in total. The molecule has 1 aromatic rings. The van der Waals surface area contributed by atoms with Gasteiger partial charge in [-0.1, -0.05) is 6.92 Å². The van der Waals surface area contributed by atoms with E-state index in [0.29, 0.717) is 10.8 Å². The van der Waals surface area contributed by atoms with Gasteiger partial charge in [-0.15, -0.1) is 0 Å². The molecule has 4 bridgehead atoms. The average molecular weight is 273 g/mol. The van der Waals surface area contributed by atoms with Crippen LogP contribution < -0.4 is 5.73 Å². The van der Waals surface area contributed by atoms with Crippen LogP contribution in [-0.2, 0) is 6.54 Å². The van der Waals surface area contributed by atoms with Crippen LogP contribution in [0.1, 0.15) is 64.0 Å². The molecule has 110 valence electrons. The summed E-state index contributed by atoms with van der Waals surface area (Å²) in [5, 5.41) is 4.44. The molecule has 0 aliphatic heterocycles. The Hall–Kier alpha value is -0.830. The molecule has 5 rings (SSSR count). The molecule has 4 saturated carbocycles. The van der Waals surface area contributed by atoms with E-state index in [-0.39, 0.29) is 6.04 Å². The fraction of sp³-hybridized carbons (Fsp3) is 0.824. The van der Waals surface area contributed by atoms with Crippen molar-refractivity contribution in [1.29, 1.82) is 0 Å². The van der Waals surface area contributed by atoms with Crippen molar-refractivity contribution in [3.05, 3.63) is 18.0 Å². The van der Waals surface area contributed by atoms with Gasteiger partial charge >= 0.3 is 0 Å². The lowest BCUT2D eigenvalue weighted by molar-refractivity contribution is -0.113. The van der Waals surface area contributed by atoms with Crippen LogP contribution >= 0.6 is 0 Å². The van der Waals surface area contributed by atoms with E-state index in [2.05, 4.69) is 25.1 Å². The maximum atomic E-state index is 6.77. The molecule has 1 heterocycles. The van der Waals surface area contributed by atoms with E-state index in [1.165, 1.54) is 44.1 Å². The lowest BCUT2D eigenvalue weighted by Crippen LogP contribution is -2.54. The van der Waals surface area contributed by atoms with Gasteiger partial charge in [-0.3, -0.25) is 4.68 Å². The number of hydrogen-bond acceptors (Lipinski definition) is 2. The zero-order valence-electron chi connectivity index (χ0n) is 12.8. The van der Waals surface area contributed by atoms with Crippen molar-refractivity contribution in [2.24, 2.45) is 28.4 Å². The Balaban J connectivity index is 1.66. The number of nitrogens with zero attached hydrogens (tertiary/aromatic N) is 2. The Bertz CT molecular complexity index is 504. The third-order valence-corrected chi connectivity index (χ3v) is 6.39. The summed E-state index contributed by atoms with van der Waals surface area (Å²) in [5.41, 5.74) is 8.96. The van der Waals surface area contributed by atoms with Crippen LogP contribution in [0.5, 0.6) is 0 Å². The van der Waals surface area contributed by atoms with Crippen molar-refractivity contribution in [3.8, 4) is 0 Å². The summed E-state index contributed by atoms with van der Waals surface area (Å²) in [6, 6.07) is 0.188. The standard InChI is InChI=1S/C17H27N3/c1-3-20-10-14(9-19-20)15(18)17-7-12-4-13(8-17)6-16(2,5-12)11-17/h9-10,12-13,15H,3-8,11,18H2,1-2H3. The second-order valence-electron chi connectivity index (χ2n) is 8.24. The van der Waals surface area contributed by atoms with E-state index >= 15 is 0 Å². The Morgan fingerprint density at radius 3 is 2.60 bits per heavy atom. The Kier molecular flexibility index (Phi) is 2.64. The van der Waals surface area contributed by atoms with E-state index in [9.17, 15) is 0 Å². The van der Waals surface area contributed by atoms with Crippen LogP contribution in [-0.4, -0.2) is 9.78 Å². The van der Waals surface area contributed by atoms with E-state index < -0.39 is 0 Å². The van der Waals surface area contributed by atoms with Gasteiger partial charge in [0.15, 0.2) is 0 Å². The van der Waals surface area contributed by atoms with Crippen molar-refractivity contribution >= 4 is 0 Å². The fourth-order valence-electron chi connectivity index (χ4n) is 6.23. The van der Waals surface area contributed by atoms with E-state index in [1.807, 2.05) is 10.9 Å². The smallest absolute Gasteiger partial charge is 0.0537 e. The summed E-state index contributed by atoms with van der Waals surface area (Å²) in [6.07, 6.45) is 12.6. The summed E-state index contributed by atoms with van der Waals surface area (Å²) in [5.74, 6) is 1.88. The largest absolute Gasteiger partial charge is 0.323 e. The summed E-state index contributed by atoms with van der Waals surface area (Å²) in [4.78, 5) is 0. The Labute approximate surface area is 121 Å². The minimum Gasteiger partial charge on any atom is -0.323 e. The van der Waals surface area contributed by atoms with Crippen LogP contribution in [0.3, 0.4) is 0 Å². The number of aromatic nitrogens is 2. The van der Waals surface area contributed by atoms with Gasteiger partial charge in [-0.25, -0.2) is 0 Å². The molecule has 0 saturated heterocycles. The molecule has 3 unspecified atom stereocenters. The van der Waals surface area contributed by atoms with Gasteiger partial charge in [0.25, 0.3) is 0 Å². The minimum atomic E-state index is 0.188. The third-order valence-electron chi connectivity index (χ3n) is 6.39. The zero-order chi connectivity index (χ0) is 14.0. The molecular weight excluding hydrogens is 246 g/mol. The van der Waals surface area contributed by atoms with E-state index in [0.717, 1.165) is 18.4 Å². The molecule has 20 heavy (non-hydrogen) atoms. The molecule has 1 aromatic heterocycles. The van der Waals surface area contributed by atoms with Crippen molar-refractivity contribution in [2.75, 3.05) is 0 Å². The first-order chi connectivity index (χ1) is 9.52. The monoisotopic (exact) mass is 273 g/mol. The van der Waals surface area contributed by atoms with Gasteiger partial charge in [-0.2, -0.15) is 5.10 Å². The Morgan fingerprint density at radius 2 is 2.05 bits per heavy atom. The summed E-state index contributed by atoms with van der Waals surface area (Å²) in [7, 11) is 0. The molecule has 0 aromatic carbocycles. The third kappa shape index (κ3) is 1.78. The first-order valence-electron chi connectivity index (χ1n) is 8.30. The molecule has 4 fully saturated rings.